The van der Waals surface area contributed by atoms with Crippen molar-refractivity contribution >= 4 is 44.6 Å². The van der Waals surface area contributed by atoms with Gasteiger partial charge in [-0.05, 0) is 55.5 Å². The summed E-state index contributed by atoms with van der Waals surface area (Å²) in [5, 5.41) is 11.5. The maximum Gasteiger partial charge on any atom is 0.232 e. The molecule has 0 atom stereocenters. The highest BCUT2D eigenvalue weighted by Gasteiger charge is 2.30. The average molecular weight is 463 g/mol. The minimum Gasteiger partial charge on any atom is -0.298 e. The molecular weight excluding hydrogens is 440 g/mol. The molecule has 30 heavy (non-hydrogen) atoms. The molecule has 0 spiro atoms. The molecule has 0 aliphatic heterocycles. The van der Waals surface area contributed by atoms with E-state index in [1.807, 2.05) is 17.5 Å². The van der Waals surface area contributed by atoms with Crippen LogP contribution in [0.2, 0.25) is 0 Å². The number of aromatic nitrogens is 3. The summed E-state index contributed by atoms with van der Waals surface area (Å²) < 4.78 is 27.2. The van der Waals surface area contributed by atoms with Crippen molar-refractivity contribution in [2.24, 2.45) is 0 Å². The zero-order valence-corrected chi connectivity index (χ0v) is 19.1. The summed E-state index contributed by atoms with van der Waals surface area (Å²) in [7, 11) is -3.34. The highest BCUT2D eigenvalue weighted by Crippen LogP contribution is 2.41. The van der Waals surface area contributed by atoms with Crippen molar-refractivity contribution in [2.75, 3.05) is 22.9 Å². The van der Waals surface area contributed by atoms with Crippen LogP contribution in [0.4, 0.5) is 5.69 Å². The first-order chi connectivity index (χ1) is 14.4. The van der Waals surface area contributed by atoms with Gasteiger partial charge in [0, 0.05) is 18.2 Å². The van der Waals surface area contributed by atoms with Gasteiger partial charge in [-0.15, -0.1) is 21.5 Å². The molecule has 4 rings (SSSR count). The van der Waals surface area contributed by atoms with E-state index in [1.165, 1.54) is 22.3 Å². The van der Waals surface area contributed by atoms with Gasteiger partial charge >= 0.3 is 0 Å². The summed E-state index contributed by atoms with van der Waals surface area (Å²) in [6, 6.07) is 11.1. The smallest absolute Gasteiger partial charge is 0.232 e. The molecule has 0 amide bonds. The second-order valence-corrected chi connectivity index (χ2v) is 10.9. The molecule has 2 aromatic heterocycles. The lowest BCUT2D eigenvalue weighted by Gasteiger charge is -2.20. The molecule has 0 N–H and O–H groups in total. The molecule has 1 aliphatic carbocycles. The van der Waals surface area contributed by atoms with E-state index in [0.717, 1.165) is 28.7 Å². The third-order valence-electron chi connectivity index (χ3n) is 4.82. The number of anilines is 1. The SMILES string of the molecule is CCN(c1ccc(C(=O)CSc2nnc(-c3cccs3)n2C2CC2)cc1)S(C)(=O)=O. The molecule has 2 heterocycles. The third-order valence-corrected chi connectivity index (χ3v) is 7.89. The first kappa shape index (κ1) is 21.1. The lowest BCUT2D eigenvalue weighted by Crippen LogP contribution is -2.29. The van der Waals surface area contributed by atoms with Crippen molar-refractivity contribution < 1.29 is 13.2 Å². The highest BCUT2D eigenvalue weighted by molar-refractivity contribution is 7.99. The number of hydrogen-bond donors (Lipinski definition) is 0. The minimum atomic E-state index is -3.34. The second-order valence-electron chi connectivity index (χ2n) is 7.07. The number of carbonyl (C=O) groups excluding carboxylic acids is 1. The normalized spacial score (nSPS) is 14.1. The Morgan fingerprint density at radius 2 is 1.97 bits per heavy atom. The van der Waals surface area contributed by atoms with Gasteiger partial charge in [0.05, 0.1) is 22.6 Å². The van der Waals surface area contributed by atoms with Crippen molar-refractivity contribution in [3.63, 3.8) is 0 Å². The van der Waals surface area contributed by atoms with Crippen LogP contribution < -0.4 is 4.31 Å². The van der Waals surface area contributed by atoms with Crippen molar-refractivity contribution in [3.05, 3.63) is 47.3 Å². The monoisotopic (exact) mass is 462 g/mol. The number of benzene rings is 1. The van der Waals surface area contributed by atoms with Gasteiger partial charge < -0.3 is 0 Å². The fourth-order valence-corrected chi connectivity index (χ4v) is 5.83. The minimum absolute atomic E-state index is 0.0306. The van der Waals surface area contributed by atoms with Gasteiger partial charge in [-0.3, -0.25) is 13.7 Å². The first-order valence-electron chi connectivity index (χ1n) is 9.61. The Kier molecular flexibility index (Phi) is 5.99. The molecule has 1 aromatic carbocycles. The molecule has 0 bridgehead atoms. The van der Waals surface area contributed by atoms with Crippen molar-refractivity contribution in [1.29, 1.82) is 0 Å². The number of carbonyl (C=O) groups is 1. The Morgan fingerprint density at radius 1 is 1.23 bits per heavy atom. The van der Waals surface area contributed by atoms with Crippen molar-refractivity contribution in [2.45, 2.75) is 31.0 Å². The highest BCUT2D eigenvalue weighted by atomic mass is 32.2. The Labute approximate surface area is 184 Å². The maximum absolute atomic E-state index is 12.7. The predicted octanol–water partition coefficient (Wildman–Crippen LogP) is 4.10. The van der Waals surface area contributed by atoms with Gasteiger partial charge in [0.25, 0.3) is 0 Å². The van der Waals surface area contributed by atoms with Gasteiger partial charge in [-0.25, -0.2) is 8.42 Å². The van der Waals surface area contributed by atoms with E-state index < -0.39 is 10.0 Å². The zero-order valence-electron chi connectivity index (χ0n) is 16.7. The number of thioether (sulfide) groups is 1. The number of Topliss-reactive ketones (excluding diaryl/α,β-unsaturated/α-hetero) is 1. The van der Waals surface area contributed by atoms with E-state index in [9.17, 15) is 13.2 Å². The van der Waals surface area contributed by atoms with Crippen LogP contribution in [0, 0.1) is 0 Å². The Bertz CT molecular complexity index is 1130. The van der Waals surface area contributed by atoms with E-state index in [-0.39, 0.29) is 11.5 Å². The lowest BCUT2D eigenvalue weighted by molar-refractivity contribution is 0.102. The van der Waals surface area contributed by atoms with Gasteiger partial charge in [0.1, 0.15) is 0 Å². The molecule has 0 saturated heterocycles. The first-order valence-corrected chi connectivity index (χ1v) is 13.3. The van der Waals surface area contributed by atoms with Crippen LogP contribution in [-0.2, 0) is 10.0 Å². The topological polar surface area (TPSA) is 85.2 Å². The van der Waals surface area contributed by atoms with Crippen LogP contribution in [0.15, 0.2) is 46.9 Å². The van der Waals surface area contributed by atoms with E-state index in [0.29, 0.717) is 23.8 Å². The molecule has 0 unspecified atom stereocenters. The summed E-state index contributed by atoms with van der Waals surface area (Å²) in [4.78, 5) is 13.8. The van der Waals surface area contributed by atoms with Gasteiger partial charge in [-0.2, -0.15) is 0 Å². The fourth-order valence-electron chi connectivity index (χ4n) is 3.25. The molecule has 1 saturated carbocycles. The van der Waals surface area contributed by atoms with Gasteiger partial charge in [0.2, 0.25) is 10.0 Å². The predicted molar refractivity (Wildman–Crippen MR) is 121 cm³/mol. The summed E-state index contributed by atoms with van der Waals surface area (Å²) in [6.07, 6.45) is 3.38. The Morgan fingerprint density at radius 3 is 2.53 bits per heavy atom. The number of rotatable bonds is 9. The standard InChI is InChI=1S/C20H22N4O3S3/c1-3-23(30(2,26)27)15-8-6-14(7-9-15)17(25)13-29-20-22-21-19(18-5-4-12-28-18)24(20)16-10-11-16/h4-9,12,16H,3,10-11,13H2,1-2H3. The average Bonchev–Trinajstić information content (AvgIpc) is 3.23. The second kappa shape index (κ2) is 8.52. The van der Waals surface area contributed by atoms with E-state index in [2.05, 4.69) is 14.8 Å². The molecule has 1 aliphatic rings. The maximum atomic E-state index is 12.7. The molecule has 10 heteroatoms. The molecule has 7 nitrogen and oxygen atoms in total. The molecule has 3 aromatic rings. The lowest BCUT2D eigenvalue weighted by atomic mass is 10.1. The van der Waals surface area contributed by atoms with E-state index in [4.69, 9.17) is 0 Å². The number of ketones is 1. The molecular formula is C20H22N4O3S3. The number of nitrogens with zero attached hydrogens (tertiary/aromatic N) is 4. The zero-order chi connectivity index (χ0) is 21.3. The largest absolute Gasteiger partial charge is 0.298 e. The Balaban J connectivity index is 1.47. The van der Waals surface area contributed by atoms with Crippen molar-refractivity contribution in [3.8, 4) is 10.7 Å². The summed E-state index contributed by atoms with van der Waals surface area (Å²) in [5.41, 5.74) is 1.10. The van der Waals surface area contributed by atoms with Crippen LogP contribution in [0.3, 0.4) is 0 Å². The number of hydrogen-bond acceptors (Lipinski definition) is 7. The van der Waals surface area contributed by atoms with E-state index in [1.54, 1.807) is 42.5 Å². The van der Waals surface area contributed by atoms with Crippen LogP contribution in [0.5, 0.6) is 0 Å². The summed E-state index contributed by atoms with van der Waals surface area (Å²) in [6.45, 7) is 2.11. The van der Waals surface area contributed by atoms with Crippen molar-refractivity contribution in [1.82, 2.24) is 14.8 Å². The quantitative estimate of drug-likeness (QED) is 0.352. The molecule has 158 valence electrons. The molecule has 0 radical (unpaired) electrons. The van der Waals surface area contributed by atoms with Gasteiger partial charge in [0.15, 0.2) is 16.8 Å². The fraction of sp³-hybridized carbons (Fsp3) is 0.350. The van der Waals surface area contributed by atoms with Crippen LogP contribution >= 0.6 is 23.1 Å². The number of thiophene rings is 1. The number of sulfonamides is 1. The van der Waals surface area contributed by atoms with Crippen LogP contribution in [-0.4, -0.2) is 47.5 Å². The van der Waals surface area contributed by atoms with Gasteiger partial charge in [-0.1, -0.05) is 17.8 Å². The molecule has 1 fully saturated rings. The third kappa shape index (κ3) is 4.45. The summed E-state index contributed by atoms with van der Waals surface area (Å²) >= 11 is 3.02. The summed E-state index contributed by atoms with van der Waals surface area (Å²) in [5.74, 6) is 1.09. The Hall–Kier alpha value is -2.17. The van der Waals surface area contributed by atoms with Crippen LogP contribution in [0.1, 0.15) is 36.2 Å². The van der Waals surface area contributed by atoms with E-state index >= 15 is 0 Å². The van der Waals surface area contributed by atoms with Crippen LogP contribution in [0.25, 0.3) is 10.7 Å².